The maximum atomic E-state index is 11.1. The van der Waals surface area contributed by atoms with E-state index in [0.29, 0.717) is 5.69 Å². The summed E-state index contributed by atoms with van der Waals surface area (Å²) in [6.45, 7) is 0. The molecule has 6 heteroatoms. The second-order valence-electron chi connectivity index (χ2n) is 2.39. The van der Waals surface area contributed by atoms with E-state index < -0.39 is 0 Å². The van der Waals surface area contributed by atoms with E-state index in [0.717, 1.165) is 4.68 Å². The van der Waals surface area contributed by atoms with Gasteiger partial charge in [-0.05, 0) is 0 Å². The fourth-order valence-corrected chi connectivity index (χ4v) is 1.05. The molecular weight excluding hydrogens is 180 g/mol. The molecule has 0 unspecified atom stereocenters. The third-order valence-electron chi connectivity index (χ3n) is 1.41. The zero-order valence-corrected chi connectivity index (χ0v) is 7.54. The lowest BCUT2D eigenvalue weighted by Gasteiger charge is -2.12. The van der Waals surface area contributed by atoms with Gasteiger partial charge in [-0.1, -0.05) is 11.6 Å². The molecule has 0 saturated carbocycles. The molecule has 1 aromatic heterocycles. The number of aryl methyl sites for hydroxylation is 1. The van der Waals surface area contributed by atoms with E-state index in [1.807, 2.05) is 0 Å². The molecule has 0 aliphatic heterocycles. The van der Waals surface area contributed by atoms with Gasteiger partial charge in [-0.3, -0.25) is 4.79 Å². The van der Waals surface area contributed by atoms with Gasteiger partial charge in [0.1, 0.15) is 0 Å². The summed E-state index contributed by atoms with van der Waals surface area (Å²) in [7, 11) is 3.11. The number of hydrazine groups is 1. The first-order valence-electron chi connectivity index (χ1n) is 3.24. The van der Waals surface area contributed by atoms with E-state index in [1.54, 1.807) is 7.05 Å². The van der Waals surface area contributed by atoms with Crippen LogP contribution in [-0.2, 0) is 7.05 Å². The molecule has 0 saturated heterocycles. The topological polar surface area (TPSA) is 64.2 Å². The smallest absolute Gasteiger partial charge is 0.268 e. The lowest BCUT2D eigenvalue weighted by atomic mass is 10.4. The molecule has 0 aliphatic rings. The van der Waals surface area contributed by atoms with E-state index in [-0.39, 0.29) is 10.7 Å². The molecule has 0 atom stereocenters. The lowest BCUT2D eigenvalue weighted by Crippen LogP contribution is -2.29. The molecule has 1 heterocycles. The van der Waals surface area contributed by atoms with Crippen molar-refractivity contribution in [3.63, 3.8) is 0 Å². The van der Waals surface area contributed by atoms with Gasteiger partial charge in [-0.25, -0.2) is 10.5 Å². The Morgan fingerprint density at radius 2 is 2.33 bits per heavy atom. The number of nitrogens with zero attached hydrogens (tertiary/aromatic N) is 3. The summed E-state index contributed by atoms with van der Waals surface area (Å²) in [6.07, 6.45) is 0. The molecule has 0 spiro atoms. The number of aromatic nitrogens is 2. The molecule has 0 fully saturated rings. The molecule has 0 aliphatic carbocycles. The minimum Gasteiger partial charge on any atom is -0.311 e. The highest BCUT2D eigenvalue weighted by molar-refractivity contribution is 6.31. The Bertz CT molecular complexity index is 346. The van der Waals surface area contributed by atoms with Gasteiger partial charge >= 0.3 is 0 Å². The Hall–Kier alpha value is -1.07. The number of nitrogens with two attached hydrogens (primary N) is 1. The van der Waals surface area contributed by atoms with Gasteiger partial charge in [-0.15, -0.1) is 0 Å². The molecule has 66 valence electrons. The van der Waals surface area contributed by atoms with Gasteiger partial charge < -0.3 is 5.01 Å². The zero-order chi connectivity index (χ0) is 9.30. The van der Waals surface area contributed by atoms with E-state index in [9.17, 15) is 4.79 Å². The molecule has 5 nitrogen and oxygen atoms in total. The largest absolute Gasteiger partial charge is 0.311 e. The molecule has 0 radical (unpaired) electrons. The second-order valence-corrected chi connectivity index (χ2v) is 2.75. The summed E-state index contributed by atoms with van der Waals surface area (Å²) >= 11 is 5.70. The van der Waals surface area contributed by atoms with Crippen LogP contribution in [0.1, 0.15) is 0 Å². The predicted molar refractivity (Wildman–Crippen MR) is 47.1 cm³/mol. The molecule has 0 bridgehead atoms. The van der Waals surface area contributed by atoms with Crippen molar-refractivity contribution in [2.45, 2.75) is 0 Å². The van der Waals surface area contributed by atoms with Crippen molar-refractivity contribution in [3.8, 4) is 0 Å². The van der Waals surface area contributed by atoms with Crippen molar-refractivity contribution in [3.05, 3.63) is 21.6 Å². The lowest BCUT2D eigenvalue weighted by molar-refractivity contribution is 0.705. The van der Waals surface area contributed by atoms with E-state index in [4.69, 9.17) is 17.4 Å². The highest BCUT2D eigenvalue weighted by atomic mass is 35.5. The van der Waals surface area contributed by atoms with Crippen molar-refractivity contribution >= 4 is 17.3 Å². The van der Waals surface area contributed by atoms with Crippen LogP contribution in [-0.4, -0.2) is 16.8 Å². The molecule has 0 amide bonds. The van der Waals surface area contributed by atoms with Crippen LogP contribution >= 0.6 is 11.6 Å². The highest BCUT2D eigenvalue weighted by Gasteiger charge is 2.06. The summed E-state index contributed by atoms with van der Waals surface area (Å²) in [6, 6.07) is 1.33. The number of anilines is 1. The highest BCUT2D eigenvalue weighted by Crippen LogP contribution is 2.16. The first-order chi connectivity index (χ1) is 5.52. The fraction of sp³-hybridized carbons (Fsp3) is 0.333. The van der Waals surface area contributed by atoms with Gasteiger partial charge in [0, 0.05) is 20.2 Å². The standard InChI is InChI=1S/C6H9ClN4O/c1-10(8)4-3-5(12)11(2)9-6(4)7/h3H,8H2,1-2H3. The van der Waals surface area contributed by atoms with E-state index in [2.05, 4.69) is 5.10 Å². The zero-order valence-electron chi connectivity index (χ0n) is 6.78. The predicted octanol–water partition coefficient (Wildman–Crippen LogP) is -0.256. The van der Waals surface area contributed by atoms with Crippen molar-refractivity contribution in [1.82, 2.24) is 9.78 Å². The maximum Gasteiger partial charge on any atom is 0.268 e. The minimum atomic E-state index is -0.244. The molecule has 1 aromatic rings. The van der Waals surface area contributed by atoms with Crippen LogP contribution in [0, 0.1) is 0 Å². The summed E-state index contributed by atoms with van der Waals surface area (Å²) in [5.74, 6) is 5.39. The first-order valence-corrected chi connectivity index (χ1v) is 3.62. The summed E-state index contributed by atoms with van der Waals surface area (Å²) in [4.78, 5) is 11.1. The van der Waals surface area contributed by atoms with Gasteiger partial charge in [0.2, 0.25) is 0 Å². The quantitative estimate of drug-likeness (QED) is 0.488. The van der Waals surface area contributed by atoms with Gasteiger partial charge in [-0.2, -0.15) is 5.10 Å². The summed E-state index contributed by atoms with van der Waals surface area (Å²) < 4.78 is 1.15. The molecular formula is C6H9ClN4O. The van der Waals surface area contributed by atoms with Crippen LogP contribution in [0.25, 0.3) is 0 Å². The van der Waals surface area contributed by atoms with Gasteiger partial charge in [0.25, 0.3) is 5.56 Å². The Balaban J connectivity index is 3.33. The molecule has 1 rings (SSSR count). The number of rotatable bonds is 1. The van der Waals surface area contributed by atoms with Crippen LogP contribution in [0.2, 0.25) is 5.15 Å². The van der Waals surface area contributed by atoms with Crippen molar-refractivity contribution < 1.29 is 0 Å². The van der Waals surface area contributed by atoms with E-state index >= 15 is 0 Å². The van der Waals surface area contributed by atoms with Gasteiger partial charge in [0.15, 0.2) is 5.15 Å². The SMILES string of the molecule is CN(N)c1cc(=O)n(C)nc1Cl. The fourth-order valence-electron chi connectivity index (χ4n) is 0.749. The molecule has 0 aromatic carbocycles. The normalized spacial score (nSPS) is 10.0. The number of hydrogen-bond donors (Lipinski definition) is 1. The van der Waals surface area contributed by atoms with E-state index in [1.165, 1.54) is 18.1 Å². The second kappa shape index (κ2) is 3.12. The third-order valence-corrected chi connectivity index (χ3v) is 1.68. The van der Waals surface area contributed by atoms with Crippen molar-refractivity contribution in [2.75, 3.05) is 12.1 Å². The number of hydrogen-bond acceptors (Lipinski definition) is 4. The van der Waals surface area contributed by atoms with Crippen LogP contribution in [0.3, 0.4) is 0 Å². The summed E-state index contributed by atoms with van der Waals surface area (Å²) in [5.41, 5.74) is 0.173. The monoisotopic (exact) mass is 188 g/mol. The Morgan fingerprint density at radius 1 is 1.75 bits per heavy atom. The maximum absolute atomic E-state index is 11.1. The average molecular weight is 189 g/mol. The van der Waals surface area contributed by atoms with Crippen LogP contribution in [0.15, 0.2) is 10.9 Å². The Morgan fingerprint density at radius 3 is 2.83 bits per heavy atom. The number of halogens is 1. The third kappa shape index (κ3) is 1.57. The van der Waals surface area contributed by atoms with Crippen LogP contribution in [0.5, 0.6) is 0 Å². The van der Waals surface area contributed by atoms with Crippen molar-refractivity contribution in [2.24, 2.45) is 12.9 Å². The first kappa shape index (κ1) is 9.02. The minimum absolute atomic E-state index is 0.210. The van der Waals surface area contributed by atoms with Crippen molar-refractivity contribution in [1.29, 1.82) is 0 Å². The summed E-state index contributed by atoms with van der Waals surface area (Å²) in [5, 5.41) is 5.20. The molecule has 2 N–H and O–H groups in total. The van der Waals surface area contributed by atoms with Crippen LogP contribution in [0.4, 0.5) is 5.69 Å². The Labute approximate surface area is 74.3 Å². The van der Waals surface area contributed by atoms with Gasteiger partial charge in [0.05, 0.1) is 5.69 Å². The average Bonchev–Trinajstić information content (AvgIpc) is 1.96. The van der Waals surface area contributed by atoms with Crippen LogP contribution < -0.4 is 16.4 Å². The molecule has 12 heavy (non-hydrogen) atoms. The Kier molecular flexibility index (Phi) is 2.35.